The van der Waals surface area contributed by atoms with Crippen molar-refractivity contribution in [3.05, 3.63) is 47.0 Å². The number of anilines is 1. The maximum Gasteiger partial charge on any atom is 0.275 e. The van der Waals surface area contributed by atoms with Crippen LogP contribution in [0.15, 0.2) is 30.6 Å². The van der Waals surface area contributed by atoms with Crippen LogP contribution < -0.4 is 10.1 Å². The largest absolute Gasteiger partial charge is 0.496 e. The number of hydrogen-bond donors (Lipinski definition) is 1. The van der Waals surface area contributed by atoms with Gasteiger partial charge in [-0.3, -0.25) is 9.78 Å². The molecule has 0 fully saturated rings. The molecule has 0 bridgehead atoms. The van der Waals surface area contributed by atoms with Crippen molar-refractivity contribution in [3.8, 4) is 5.75 Å². The number of ether oxygens (including phenoxy) is 1. The number of benzene rings is 1. The van der Waals surface area contributed by atoms with Crippen molar-refractivity contribution in [1.29, 1.82) is 0 Å². The van der Waals surface area contributed by atoms with Crippen LogP contribution in [0.5, 0.6) is 5.75 Å². The number of nitrogens with zero attached hydrogens (tertiary/aromatic N) is 2. The fourth-order valence-electron chi connectivity index (χ4n) is 1.60. The number of nitrogens with one attached hydrogen (secondary N) is 1. The van der Waals surface area contributed by atoms with E-state index in [0.29, 0.717) is 5.69 Å². The fraction of sp³-hybridized carbons (Fsp3) is 0.154. The van der Waals surface area contributed by atoms with Crippen LogP contribution in [0.3, 0.4) is 0 Å². The van der Waals surface area contributed by atoms with Gasteiger partial charge in [0.1, 0.15) is 16.6 Å². The van der Waals surface area contributed by atoms with E-state index in [1.54, 1.807) is 19.2 Å². The molecule has 1 amide bonds. The summed E-state index contributed by atoms with van der Waals surface area (Å²) in [5.41, 5.74) is 1.75. The predicted octanol–water partition coefficient (Wildman–Crippen LogP) is 2.70. The second-order valence-corrected chi connectivity index (χ2v) is 4.25. The van der Waals surface area contributed by atoms with Gasteiger partial charge in [0, 0.05) is 5.69 Å². The standard InChI is InChI=1S/C13H12ClN3O2/c1-8-5-9(3-4-11(8)19-2)16-13(18)10-6-15-7-12(14)17-10/h3-7H,1-2H3,(H,16,18). The molecule has 0 spiro atoms. The minimum absolute atomic E-state index is 0.168. The summed E-state index contributed by atoms with van der Waals surface area (Å²) in [6.45, 7) is 1.90. The molecule has 5 nitrogen and oxygen atoms in total. The van der Waals surface area contributed by atoms with E-state index < -0.39 is 0 Å². The van der Waals surface area contributed by atoms with Crippen molar-refractivity contribution >= 4 is 23.2 Å². The van der Waals surface area contributed by atoms with Gasteiger partial charge >= 0.3 is 0 Å². The summed E-state index contributed by atoms with van der Waals surface area (Å²) in [5.74, 6) is 0.403. The number of carbonyl (C=O) groups is 1. The van der Waals surface area contributed by atoms with Gasteiger partial charge in [-0.1, -0.05) is 11.6 Å². The van der Waals surface area contributed by atoms with Gasteiger partial charge < -0.3 is 10.1 Å². The SMILES string of the molecule is COc1ccc(NC(=O)c2cncc(Cl)n2)cc1C. The van der Waals surface area contributed by atoms with Crippen molar-refractivity contribution < 1.29 is 9.53 Å². The van der Waals surface area contributed by atoms with Crippen molar-refractivity contribution in [3.63, 3.8) is 0 Å². The third kappa shape index (κ3) is 3.20. The second-order valence-electron chi connectivity index (χ2n) is 3.87. The van der Waals surface area contributed by atoms with Gasteiger partial charge in [-0.25, -0.2) is 4.98 Å². The molecule has 19 heavy (non-hydrogen) atoms. The molecular weight excluding hydrogens is 266 g/mol. The topological polar surface area (TPSA) is 64.1 Å². The van der Waals surface area contributed by atoms with Gasteiger partial charge in [0.05, 0.1) is 19.5 Å². The molecule has 0 radical (unpaired) electrons. The first-order chi connectivity index (χ1) is 9.10. The quantitative estimate of drug-likeness (QED) is 0.937. The predicted molar refractivity (Wildman–Crippen MR) is 72.7 cm³/mol. The molecule has 0 atom stereocenters. The molecule has 1 heterocycles. The Balaban J connectivity index is 2.17. The summed E-state index contributed by atoms with van der Waals surface area (Å²) in [7, 11) is 1.60. The Hall–Kier alpha value is -2.14. The molecule has 2 rings (SSSR count). The summed E-state index contributed by atoms with van der Waals surface area (Å²) < 4.78 is 5.15. The summed E-state index contributed by atoms with van der Waals surface area (Å²) in [6.07, 6.45) is 2.73. The van der Waals surface area contributed by atoms with Crippen molar-refractivity contribution in [2.75, 3.05) is 12.4 Å². The van der Waals surface area contributed by atoms with E-state index in [9.17, 15) is 4.79 Å². The van der Waals surface area contributed by atoms with E-state index in [0.717, 1.165) is 11.3 Å². The molecule has 0 aliphatic heterocycles. The van der Waals surface area contributed by atoms with Crippen LogP contribution in [0.4, 0.5) is 5.69 Å². The summed E-state index contributed by atoms with van der Waals surface area (Å²) in [6, 6.07) is 5.35. The fourth-order valence-corrected chi connectivity index (χ4v) is 1.75. The molecule has 0 aliphatic carbocycles. The third-order valence-electron chi connectivity index (χ3n) is 2.49. The molecule has 0 aliphatic rings. The zero-order chi connectivity index (χ0) is 13.8. The van der Waals surface area contributed by atoms with E-state index in [-0.39, 0.29) is 16.8 Å². The highest BCUT2D eigenvalue weighted by Crippen LogP contribution is 2.21. The molecule has 1 N–H and O–H groups in total. The molecule has 0 saturated carbocycles. The normalized spacial score (nSPS) is 10.1. The average Bonchev–Trinajstić information content (AvgIpc) is 2.39. The van der Waals surface area contributed by atoms with Gasteiger partial charge in [0.2, 0.25) is 0 Å². The number of methoxy groups -OCH3 is 1. The highest BCUT2D eigenvalue weighted by molar-refractivity contribution is 6.29. The van der Waals surface area contributed by atoms with E-state index in [1.807, 2.05) is 13.0 Å². The zero-order valence-corrected chi connectivity index (χ0v) is 11.2. The Bertz CT molecular complexity index is 617. The smallest absolute Gasteiger partial charge is 0.275 e. The molecule has 1 aromatic heterocycles. The minimum Gasteiger partial charge on any atom is -0.496 e. The Morgan fingerprint density at radius 1 is 1.37 bits per heavy atom. The van der Waals surface area contributed by atoms with E-state index in [1.165, 1.54) is 12.4 Å². The summed E-state index contributed by atoms with van der Waals surface area (Å²) >= 11 is 5.69. The number of aryl methyl sites for hydroxylation is 1. The Morgan fingerprint density at radius 3 is 2.79 bits per heavy atom. The van der Waals surface area contributed by atoms with Crippen LogP contribution in [0.1, 0.15) is 16.1 Å². The number of carbonyl (C=O) groups excluding carboxylic acids is 1. The van der Waals surface area contributed by atoms with Gasteiger partial charge in [-0.05, 0) is 30.7 Å². The van der Waals surface area contributed by atoms with Crippen LogP contribution in [0, 0.1) is 6.92 Å². The van der Waals surface area contributed by atoms with E-state index in [2.05, 4.69) is 15.3 Å². The molecule has 6 heteroatoms. The maximum absolute atomic E-state index is 11.9. The van der Waals surface area contributed by atoms with Crippen molar-refractivity contribution in [2.24, 2.45) is 0 Å². The number of aromatic nitrogens is 2. The molecule has 98 valence electrons. The van der Waals surface area contributed by atoms with E-state index in [4.69, 9.17) is 16.3 Å². The third-order valence-corrected chi connectivity index (χ3v) is 2.67. The van der Waals surface area contributed by atoms with Gasteiger partial charge in [0.25, 0.3) is 5.91 Å². The molecule has 0 unspecified atom stereocenters. The minimum atomic E-state index is -0.362. The maximum atomic E-state index is 11.9. The number of halogens is 1. The molecule has 2 aromatic rings. The Morgan fingerprint density at radius 2 is 2.16 bits per heavy atom. The lowest BCUT2D eigenvalue weighted by Gasteiger charge is -2.08. The number of amides is 1. The first-order valence-electron chi connectivity index (χ1n) is 5.53. The second kappa shape index (κ2) is 5.67. The Labute approximate surface area is 115 Å². The van der Waals surface area contributed by atoms with Crippen LogP contribution in [-0.2, 0) is 0 Å². The average molecular weight is 278 g/mol. The van der Waals surface area contributed by atoms with Gasteiger partial charge in [-0.2, -0.15) is 0 Å². The van der Waals surface area contributed by atoms with Crippen LogP contribution in [0.2, 0.25) is 5.15 Å². The highest BCUT2D eigenvalue weighted by Gasteiger charge is 2.09. The van der Waals surface area contributed by atoms with Gasteiger partial charge in [-0.15, -0.1) is 0 Å². The lowest BCUT2D eigenvalue weighted by atomic mass is 10.2. The van der Waals surface area contributed by atoms with E-state index >= 15 is 0 Å². The lowest BCUT2D eigenvalue weighted by molar-refractivity contribution is 0.102. The van der Waals surface area contributed by atoms with Crippen LogP contribution in [-0.4, -0.2) is 23.0 Å². The molecular formula is C13H12ClN3O2. The van der Waals surface area contributed by atoms with Gasteiger partial charge in [0.15, 0.2) is 0 Å². The van der Waals surface area contributed by atoms with Crippen molar-refractivity contribution in [2.45, 2.75) is 6.92 Å². The molecule has 0 saturated heterocycles. The lowest BCUT2D eigenvalue weighted by Crippen LogP contribution is -2.14. The summed E-state index contributed by atoms with van der Waals surface area (Å²) in [4.78, 5) is 19.6. The first-order valence-corrected chi connectivity index (χ1v) is 5.91. The number of rotatable bonds is 3. The van der Waals surface area contributed by atoms with Crippen LogP contribution >= 0.6 is 11.6 Å². The van der Waals surface area contributed by atoms with Crippen LogP contribution in [0.25, 0.3) is 0 Å². The highest BCUT2D eigenvalue weighted by atomic mass is 35.5. The monoisotopic (exact) mass is 277 g/mol. The zero-order valence-electron chi connectivity index (χ0n) is 10.5. The summed E-state index contributed by atoms with van der Waals surface area (Å²) in [5, 5.41) is 2.90. The molecule has 1 aromatic carbocycles. The number of hydrogen-bond acceptors (Lipinski definition) is 4. The first kappa shape index (κ1) is 13.3. The van der Waals surface area contributed by atoms with Crippen molar-refractivity contribution in [1.82, 2.24) is 9.97 Å². The Kier molecular flexibility index (Phi) is 3.97.